The van der Waals surface area contributed by atoms with Gasteiger partial charge in [0, 0.05) is 24.8 Å². The molecule has 0 fully saturated rings. The van der Waals surface area contributed by atoms with Crippen LogP contribution in [-0.2, 0) is 13.1 Å². The summed E-state index contributed by atoms with van der Waals surface area (Å²) in [4.78, 5) is 2.20. The lowest BCUT2D eigenvalue weighted by atomic mass is 10.2. The first-order valence-electron chi connectivity index (χ1n) is 6.70. The van der Waals surface area contributed by atoms with Crippen LogP contribution in [0.25, 0.3) is 0 Å². The highest BCUT2D eigenvalue weighted by atomic mass is 16.3. The van der Waals surface area contributed by atoms with Crippen molar-refractivity contribution in [2.45, 2.75) is 20.0 Å². The Bertz CT molecular complexity index is 481. The number of aliphatic hydroxyl groups is 1. The van der Waals surface area contributed by atoms with E-state index in [9.17, 15) is 0 Å². The first-order valence-corrected chi connectivity index (χ1v) is 6.70. The Morgan fingerprint density at radius 1 is 1.21 bits per heavy atom. The highest BCUT2D eigenvalue weighted by Crippen LogP contribution is 2.06. The lowest BCUT2D eigenvalue weighted by molar-refractivity contribution is 0.197. The van der Waals surface area contributed by atoms with Crippen LogP contribution in [0.2, 0.25) is 0 Å². The lowest BCUT2D eigenvalue weighted by Crippen LogP contribution is -2.25. The maximum atomic E-state index is 8.98. The monoisotopic (exact) mass is 259 g/mol. The van der Waals surface area contributed by atoms with Gasteiger partial charge in [0.2, 0.25) is 0 Å². The molecule has 0 aliphatic carbocycles. The molecule has 4 nitrogen and oxygen atoms in total. The topological polar surface area (TPSA) is 41.3 Å². The molecule has 1 aromatic carbocycles. The van der Waals surface area contributed by atoms with Crippen LogP contribution in [0.15, 0.2) is 42.7 Å². The van der Waals surface area contributed by atoms with Gasteiger partial charge in [-0.3, -0.25) is 9.58 Å². The van der Waals surface area contributed by atoms with Gasteiger partial charge in [-0.2, -0.15) is 5.10 Å². The van der Waals surface area contributed by atoms with Gasteiger partial charge in [-0.15, -0.1) is 0 Å². The second-order valence-corrected chi connectivity index (χ2v) is 4.62. The van der Waals surface area contributed by atoms with Crippen molar-refractivity contribution in [3.63, 3.8) is 0 Å². The van der Waals surface area contributed by atoms with Crippen LogP contribution in [0.1, 0.15) is 18.1 Å². The smallest absolute Gasteiger partial charge is 0.0659 e. The third-order valence-electron chi connectivity index (χ3n) is 3.14. The number of rotatable bonds is 7. The first kappa shape index (κ1) is 13.8. The van der Waals surface area contributed by atoms with Gasteiger partial charge < -0.3 is 5.11 Å². The van der Waals surface area contributed by atoms with Crippen molar-refractivity contribution in [3.8, 4) is 0 Å². The lowest BCUT2D eigenvalue weighted by Gasteiger charge is -2.17. The summed E-state index contributed by atoms with van der Waals surface area (Å²) in [7, 11) is 0. The number of benzene rings is 1. The van der Waals surface area contributed by atoms with Crippen LogP contribution >= 0.6 is 0 Å². The summed E-state index contributed by atoms with van der Waals surface area (Å²) in [5, 5.41) is 13.4. The van der Waals surface area contributed by atoms with E-state index in [4.69, 9.17) is 5.11 Å². The van der Waals surface area contributed by atoms with Crippen LogP contribution in [0.5, 0.6) is 0 Å². The average molecular weight is 259 g/mol. The van der Waals surface area contributed by atoms with Gasteiger partial charge in [-0.1, -0.05) is 37.3 Å². The molecule has 0 spiro atoms. The summed E-state index contributed by atoms with van der Waals surface area (Å²) >= 11 is 0. The molecule has 102 valence electrons. The van der Waals surface area contributed by atoms with Crippen molar-refractivity contribution in [1.82, 2.24) is 14.7 Å². The summed E-state index contributed by atoms with van der Waals surface area (Å²) in [6, 6.07) is 10.3. The SMILES string of the molecule is CCN(CCO)Cc1cnn(Cc2ccccc2)c1. The standard InChI is InChI=1S/C15H21N3O/c1-2-17(8-9-19)11-15-10-16-18(13-15)12-14-6-4-3-5-7-14/h3-7,10,13,19H,2,8-9,11-12H2,1H3. The van der Waals surface area contributed by atoms with Crippen LogP contribution < -0.4 is 0 Å². The third-order valence-corrected chi connectivity index (χ3v) is 3.14. The Kier molecular flexibility index (Phi) is 5.12. The Morgan fingerprint density at radius 3 is 2.68 bits per heavy atom. The van der Waals surface area contributed by atoms with Crippen molar-refractivity contribution in [2.24, 2.45) is 0 Å². The molecule has 1 N–H and O–H groups in total. The van der Waals surface area contributed by atoms with Gasteiger partial charge in [0.1, 0.15) is 0 Å². The van der Waals surface area contributed by atoms with Crippen molar-refractivity contribution in [1.29, 1.82) is 0 Å². The van der Waals surface area contributed by atoms with Gasteiger partial charge in [0.05, 0.1) is 19.3 Å². The quantitative estimate of drug-likeness (QED) is 0.823. The molecule has 0 amide bonds. The summed E-state index contributed by atoms with van der Waals surface area (Å²) in [6.45, 7) is 5.58. The summed E-state index contributed by atoms with van der Waals surface area (Å²) in [6.07, 6.45) is 3.98. The first-order chi connectivity index (χ1) is 9.31. The number of likely N-dealkylation sites (N-methyl/N-ethyl adjacent to an activating group) is 1. The van der Waals surface area contributed by atoms with E-state index < -0.39 is 0 Å². The minimum Gasteiger partial charge on any atom is -0.395 e. The molecule has 0 atom stereocenters. The van der Waals surface area contributed by atoms with Gasteiger partial charge >= 0.3 is 0 Å². The minimum absolute atomic E-state index is 0.200. The number of nitrogens with zero attached hydrogens (tertiary/aromatic N) is 3. The summed E-state index contributed by atoms with van der Waals surface area (Å²) in [5.41, 5.74) is 2.44. The number of hydrogen-bond donors (Lipinski definition) is 1. The number of aliphatic hydroxyl groups excluding tert-OH is 1. The van der Waals surface area contributed by atoms with Crippen LogP contribution in [0, 0.1) is 0 Å². The molecule has 0 unspecified atom stereocenters. The minimum atomic E-state index is 0.200. The molecule has 1 aromatic heterocycles. The molecule has 4 heteroatoms. The molecule has 0 radical (unpaired) electrons. The Morgan fingerprint density at radius 2 is 2.00 bits per heavy atom. The molecular formula is C15H21N3O. The van der Waals surface area contributed by atoms with E-state index in [2.05, 4.69) is 35.3 Å². The second kappa shape index (κ2) is 7.07. The number of aromatic nitrogens is 2. The van der Waals surface area contributed by atoms with Crippen molar-refractivity contribution < 1.29 is 5.11 Å². The largest absolute Gasteiger partial charge is 0.395 e. The van der Waals surface area contributed by atoms with E-state index in [1.807, 2.05) is 29.1 Å². The van der Waals surface area contributed by atoms with Crippen molar-refractivity contribution in [2.75, 3.05) is 19.7 Å². The van der Waals surface area contributed by atoms with Gasteiger partial charge in [-0.05, 0) is 12.1 Å². The van der Waals surface area contributed by atoms with Crippen LogP contribution in [0.3, 0.4) is 0 Å². The highest BCUT2D eigenvalue weighted by molar-refractivity contribution is 5.15. The molecule has 0 aliphatic heterocycles. The number of hydrogen-bond acceptors (Lipinski definition) is 3. The van der Waals surface area contributed by atoms with Crippen molar-refractivity contribution in [3.05, 3.63) is 53.9 Å². The maximum Gasteiger partial charge on any atom is 0.0659 e. The van der Waals surface area contributed by atoms with Gasteiger partial charge in [0.15, 0.2) is 0 Å². The molecule has 0 saturated carbocycles. The van der Waals surface area contributed by atoms with Crippen LogP contribution in [-0.4, -0.2) is 39.5 Å². The fourth-order valence-corrected chi connectivity index (χ4v) is 2.09. The highest BCUT2D eigenvalue weighted by Gasteiger charge is 2.05. The molecule has 2 rings (SSSR count). The molecule has 2 aromatic rings. The summed E-state index contributed by atoms with van der Waals surface area (Å²) < 4.78 is 1.96. The fourth-order valence-electron chi connectivity index (χ4n) is 2.09. The third kappa shape index (κ3) is 4.19. The van der Waals surface area contributed by atoms with E-state index in [0.29, 0.717) is 6.54 Å². The van der Waals surface area contributed by atoms with Crippen LogP contribution in [0.4, 0.5) is 0 Å². The Hall–Kier alpha value is -1.65. The predicted molar refractivity (Wildman–Crippen MR) is 75.8 cm³/mol. The van der Waals surface area contributed by atoms with E-state index in [0.717, 1.165) is 19.6 Å². The zero-order valence-corrected chi connectivity index (χ0v) is 11.4. The Labute approximate surface area is 114 Å². The summed E-state index contributed by atoms with van der Waals surface area (Å²) in [5.74, 6) is 0. The average Bonchev–Trinajstić information content (AvgIpc) is 2.86. The zero-order valence-electron chi connectivity index (χ0n) is 11.4. The maximum absolute atomic E-state index is 8.98. The normalized spacial score (nSPS) is 11.1. The molecular weight excluding hydrogens is 238 g/mol. The van der Waals surface area contributed by atoms with E-state index >= 15 is 0 Å². The van der Waals surface area contributed by atoms with Crippen molar-refractivity contribution >= 4 is 0 Å². The van der Waals surface area contributed by atoms with Gasteiger partial charge in [-0.25, -0.2) is 0 Å². The molecule has 0 saturated heterocycles. The second-order valence-electron chi connectivity index (χ2n) is 4.62. The fraction of sp³-hybridized carbons (Fsp3) is 0.400. The molecule has 0 aliphatic rings. The van der Waals surface area contributed by atoms with E-state index in [1.165, 1.54) is 11.1 Å². The van der Waals surface area contributed by atoms with Gasteiger partial charge in [0.25, 0.3) is 0 Å². The molecule has 0 bridgehead atoms. The molecule has 19 heavy (non-hydrogen) atoms. The molecule has 1 heterocycles. The Balaban J connectivity index is 1.95. The zero-order chi connectivity index (χ0) is 13.5. The predicted octanol–water partition coefficient (Wildman–Crippen LogP) is 1.75. The van der Waals surface area contributed by atoms with E-state index in [1.54, 1.807) is 0 Å². The van der Waals surface area contributed by atoms with E-state index in [-0.39, 0.29) is 6.61 Å².